The molecule has 1 aliphatic carbocycles. The van der Waals surface area contributed by atoms with E-state index >= 15 is 0 Å². The van der Waals surface area contributed by atoms with Gasteiger partial charge in [-0.3, -0.25) is 9.59 Å². The number of aryl methyl sites for hydroxylation is 1. The molecule has 1 aromatic carbocycles. The lowest BCUT2D eigenvalue weighted by atomic mass is 10.1. The van der Waals surface area contributed by atoms with Crippen molar-refractivity contribution in [2.75, 3.05) is 5.32 Å². The van der Waals surface area contributed by atoms with Crippen LogP contribution in [0.2, 0.25) is 0 Å². The molecule has 1 aromatic heterocycles. The lowest BCUT2D eigenvalue weighted by Gasteiger charge is -2.06. The van der Waals surface area contributed by atoms with Gasteiger partial charge in [-0.2, -0.15) is 8.78 Å². The Labute approximate surface area is 136 Å². The number of aromatic nitrogens is 2. The van der Waals surface area contributed by atoms with E-state index in [1.54, 1.807) is 19.2 Å². The highest BCUT2D eigenvalue weighted by atomic mass is 19.3. The van der Waals surface area contributed by atoms with Gasteiger partial charge < -0.3 is 14.6 Å². The number of hydrogen-bond donors (Lipinski definition) is 1. The van der Waals surface area contributed by atoms with E-state index in [1.165, 1.54) is 29.1 Å². The summed E-state index contributed by atoms with van der Waals surface area (Å²) in [5.41, 5.74) is 0.488. The molecule has 1 fully saturated rings. The van der Waals surface area contributed by atoms with Crippen LogP contribution in [0.15, 0.2) is 41.5 Å². The van der Waals surface area contributed by atoms with Crippen LogP contribution < -0.4 is 15.6 Å². The average molecular weight is 335 g/mol. The molecule has 1 aliphatic rings. The third kappa shape index (κ3) is 3.42. The predicted molar refractivity (Wildman–Crippen MR) is 82.0 cm³/mol. The Morgan fingerprint density at radius 2 is 2.08 bits per heavy atom. The summed E-state index contributed by atoms with van der Waals surface area (Å²) in [6.45, 7) is -2.86. The number of carbonyl (C=O) groups is 1. The molecular weight excluding hydrogens is 320 g/mol. The molecule has 0 radical (unpaired) electrons. The molecule has 0 aliphatic heterocycles. The number of nitrogens with one attached hydrogen (secondary N) is 1. The molecule has 1 amide bonds. The minimum Gasteiger partial charge on any atom is -0.435 e. The molecule has 0 saturated heterocycles. The molecular formula is C16H15F2N3O3. The molecule has 126 valence electrons. The maximum Gasteiger partial charge on any atom is 0.387 e. The SMILES string of the molecule is Cn1ccnc(NC(=O)[C@@H]2C[C@H]2c2ccc(OC(F)F)cc2)c1=O. The standard InChI is InChI=1S/C16H15F2N3O3/c1-21-7-6-19-13(15(21)23)20-14(22)12-8-11(12)9-2-4-10(5-3-9)24-16(17)18/h2-7,11-12,16H,8H2,1H3,(H,19,20,22)/t11-,12+/m0/s1. The topological polar surface area (TPSA) is 73.2 Å². The lowest BCUT2D eigenvalue weighted by molar-refractivity contribution is -0.117. The van der Waals surface area contributed by atoms with E-state index in [1.807, 2.05) is 0 Å². The highest BCUT2D eigenvalue weighted by molar-refractivity contribution is 5.94. The average Bonchev–Trinajstić information content (AvgIpc) is 3.33. The van der Waals surface area contributed by atoms with Gasteiger partial charge in [-0.15, -0.1) is 0 Å². The van der Waals surface area contributed by atoms with Crippen LogP contribution in [0.5, 0.6) is 5.75 Å². The van der Waals surface area contributed by atoms with Gasteiger partial charge in [-0.1, -0.05) is 12.1 Å². The fourth-order valence-corrected chi connectivity index (χ4v) is 2.54. The first-order valence-corrected chi connectivity index (χ1v) is 7.33. The number of anilines is 1. The van der Waals surface area contributed by atoms with Crippen LogP contribution in [0.3, 0.4) is 0 Å². The Balaban J connectivity index is 1.63. The Kier molecular flexibility index (Phi) is 4.28. The maximum atomic E-state index is 12.2. The maximum absolute atomic E-state index is 12.2. The predicted octanol–water partition coefficient (Wildman–Crippen LogP) is 2.12. The molecule has 2 atom stereocenters. The Morgan fingerprint density at radius 3 is 2.75 bits per heavy atom. The third-order valence-corrected chi connectivity index (χ3v) is 3.92. The molecule has 1 saturated carbocycles. The fraction of sp³-hybridized carbons (Fsp3) is 0.312. The quantitative estimate of drug-likeness (QED) is 0.908. The first-order chi connectivity index (χ1) is 11.5. The van der Waals surface area contributed by atoms with E-state index in [0.717, 1.165) is 5.56 Å². The van der Waals surface area contributed by atoms with E-state index in [9.17, 15) is 18.4 Å². The van der Waals surface area contributed by atoms with Crippen molar-refractivity contribution in [1.82, 2.24) is 9.55 Å². The van der Waals surface area contributed by atoms with Crippen molar-refractivity contribution in [2.24, 2.45) is 13.0 Å². The smallest absolute Gasteiger partial charge is 0.387 e. The highest BCUT2D eigenvalue weighted by Crippen LogP contribution is 2.48. The number of carbonyl (C=O) groups excluding carboxylic acids is 1. The first kappa shape index (κ1) is 16.1. The van der Waals surface area contributed by atoms with Crippen LogP contribution in [-0.4, -0.2) is 22.1 Å². The number of benzene rings is 1. The lowest BCUT2D eigenvalue weighted by Crippen LogP contribution is -2.26. The van der Waals surface area contributed by atoms with Gasteiger partial charge in [0.1, 0.15) is 5.75 Å². The van der Waals surface area contributed by atoms with E-state index in [0.29, 0.717) is 6.42 Å². The second kappa shape index (κ2) is 6.38. The first-order valence-electron chi connectivity index (χ1n) is 7.33. The summed E-state index contributed by atoms with van der Waals surface area (Å²) in [6.07, 6.45) is 3.57. The van der Waals surface area contributed by atoms with Gasteiger partial charge in [0.05, 0.1) is 0 Å². The van der Waals surface area contributed by atoms with Crippen molar-refractivity contribution in [2.45, 2.75) is 19.0 Å². The van der Waals surface area contributed by atoms with Gasteiger partial charge >= 0.3 is 6.61 Å². The number of halogens is 2. The van der Waals surface area contributed by atoms with Crippen LogP contribution in [0, 0.1) is 5.92 Å². The molecule has 6 nitrogen and oxygen atoms in total. The summed E-state index contributed by atoms with van der Waals surface area (Å²) in [5.74, 6) is -0.468. The fourth-order valence-electron chi connectivity index (χ4n) is 2.54. The Hall–Kier alpha value is -2.77. The van der Waals surface area contributed by atoms with Gasteiger partial charge in [-0.25, -0.2) is 4.98 Å². The monoisotopic (exact) mass is 335 g/mol. The summed E-state index contributed by atoms with van der Waals surface area (Å²) < 4.78 is 29.9. The minimum absolute atomic E-state index is 0.00170. The van der Waals surface area contributed by atoms with Crippen molar-refractivity contribution < 1.29 is 18.3 Å². The van der Waals surface area contributed by atoms with Crippen molar-refractivity contribution in [3.8, 4) is 5.75 Å². The molecule has 24 heavy (non-hydrogen) atoms. The van der Waals surface area contributed by atoms with Crippen molar-refractivity contribution in [3.63, 3.8) is 0 Å². The van der Waals surface area contributed by atoms with E-state index < -0.39 is 6.61 Å². The molecule has 0 unspecified atom stereocenters. The summed E-state index contributed by atoms with van der Waals surface area (Å²) >= 11 is 0. The van der Waals surface area contributed by atoms with Crippen LogP contribution >= 0.6 is 0 Å². The summed E-state index contributed by atoms with van der Waals surface area (Å²) in [5, 5.41) is 2.54. The van der Waals surface area contributed by atoms with Crippen LogP contribution in [0.25, 0.3) is 0 Å². The zero-order valence-electron chi connectivity index (χ0n) is 12.8. The number of ether oxygens (including phenoxy) is 1. The second-order valence-electron chi connectivity index (χ2n) is 5.58. The van der Waals surface area contributed by atoms with Crippen molar-refractivity contribution in [3.05, 3.63) is 52.6 Å². The van der Waals surface area contributed by atoms with Crippen LogP contribution in [0.4, 0.5) is 14.6 Å². The second-order valence-corrected chi connectivity index (χ2v) is 5.58. The van der Waals surface area contributed by atoms with Gasteiger partial charge in [0.15, 0.2) is 5.82 Å². The largest absolute Gasteiger partial charge is 0.435 e. The number of nitrogens with zero attached hydrogens (tertiary/aromatic N) is 2. The highest BCUT2D eigenvalue weighted by Gasteiger charge is 2.44. The Bertz CT molecular complexity index is 805. The van der Waals surface area contributed by atoms with E-state index in [-0.39, 0.29) is 34.9 Å². The number of hydrogen-bond acceptors (Lipinski definition) is 4. The molecule has 8 heteroatoms. The molecule has 0 bridgehead atoms. The van der Waals surface area contributed by atoms with Crippen LogP contribution in [-0.2, 0) is 11.8 Å². The van der Waals surface area contributed by atoms with Gasteiger partial charge in [0.25, 0.3) is 5.56 Å². The molecule has 2 aromatic rings. The molecule has 0 spiro atoms. The zero-order valence-corrected chi connectivity index (χ0v) is 12.8. The van der Waals surface area contributed by atoms with Gasteiger partial charge in [0, 0.05) is 25.4 Å². The number of rotatable bonds is 5. The number of amides is 1. The summed E-state index contributed by atoms with van der Waals surface area (Å²) in [4.78, 5) is 27.9. The van der Waals surface area contributed by atoms with Gasteiger partial charge in [-0.05, 0) is 30.0 Å². The summed E-state index contributed by atoms with van der Waals surface area (Å²) in [7, 11) is 1.57. The van der Waals surface area contributed by atoms with Crippen molar-refractivity contribution >= 4 is 11.7 Å². The summed E-state index contributed by atoms with van der Waals surface area (Å²) in [6, 6.07) is 6.22. The zero-order chi connectivity index (χ0) is 17.3. The molecule has 1 heterocycles. The van der Waals surface area contributed by atoms with E-state index in [4.69, 9.17) is 0 Å². The molecule has 3 rings (SSSR count). The normalized spacial score (nSPS) is 19.2. The van der Waals surface area contributed by atoms with Gasteiger partial charge in [0.2, 0.25) is 5.91 Å². The van der Waals surface area contributed by atoms with E-state index in [2.05, 4.69) is 15.0 Å². The molecule has 1 N–H and O–H groups in total. The number of alkyl halides is 2. The minimum atomic E-state index is -2.86. The Morgan fingerprint density at radius 1 is 1.38 bits per heavy atom. The van der Waals surface area contributed by atoms with Crippen LogP contribution in [0.1, 0.15) is 17.9 Å². The van der Waals surface area contributed by atoms with Crippen molar-refractivity contribution in [1.29, 1.82) is 0 Å². The third-order valence-electron chi connectivity index (χ3n) is 3.92.